The van der Waals surface area contributed by atoms with Crippen LogP contribution in [0.1, 0.15) is 36.5 Å². The molecule has 0 bridgehead atoms. The summed E-state index contributed by atoms with van der Waals surface area (Å²) in [6.45, 7) is 4.15. The second kappa shape index (κ2) is 7.70. The van der Waals surface area contributed by atoms with Crippen LogP contribution >= 0.6 is 0 Å². The highest BCUT2D eigenvalue weighted by atomic mass is 19.1. The van der Waals surface area contributed by atoms with Crippen LogP contribution in [0.5, 0.6) is 0 Å². The fraction of sp³-hybridized carbons (Fsp3) is 0.588. The zero-order valence-corrected chi connectivity index (χ0v) is 13.3. The molecule has 0 aliphatic carbocycles. The van der Waals surface area contributed by atoms with Crippen LogP contribution in [0.15, 0.2) is 18.2 Å². The number of nitrogens with one attached hydrogen (secondary N) is 1. The largest absolute Gasteiger partial charge is 0.387 e. The number of carbonyl (C=O) groups is 1. The van der Waals surface area contributed by atoms with Gasteiger partial charge in [0.1, 0.15) is 5.82 Å². The van der Waals surface area contributed by atoms with Crippen LogP contribution in [0.2, 0.25) is 0 Å². The highest BCUT2D eigenvalue weighted by Gasteiger charge is 2.23. The average Bonchev–Trinajstić information content (AvgIpc) is 2.49. The van der Waals surface area contributed by atoms with Crippen molar-refractivity contribution in [3.63, 3.8) is 0 Å². The van der Waals surface area contributed by atoms with E-state index in [4.69, 9.17) is 0 Å². The second-order valence-electron chi connectivity index (χ2n) is 6.14. The molecule has 2 N–H and O–H groups in total. The number of likely N-dealkylation sites (tertiary alicyclic amines) is 1. The number of benzene rings is 1. The van der Waals surface area contributed by atoms with Crippen molar-refractivity contribution in [1.82, 2.24) is 10.2 Å². The normalized spacial score (nSPS) is 18.2. The van der Waals surface area contributed by atoms with Crippen molar-refractivity contribution in [3.8, 4) is 0 Å². The van der Waals surface area contributed by atoms with Crippen LogP contribution in [0.25, 0.3) is 0 Å². The molecule has 0 radical (unpaired) electrons. The Morgan fingerprint density at radius 3 is 2.73 bits per heavy atom. The number of amides is 1. The quantitative estimate of drug-likeness (QED) is 0.875. The van der Waals surface area contributed by atoms with Gasteiger partial charge in [-0.15, -0.1) is 0 Å². The zero-order valence-electron chi connectivity index (χ0n) is 13.3. The maximum absolute atomic E-state index is 13.1. The first-order chi connectivity index (χ1) is 10.5. The highest BCUT2D eigenvalue weighted by Crippen LogP contribution is 2.24. The number of carbonyl (C=O) groups excluding carboxylic acids is 1. The van der Waals surface area contributed by atoms with Gasteiger partial charge in [-0.05, 0) is 62.0 Å². The van der Waals surface area contributed by atoms with Crippen molar-refractivity contribution < 1.29 is 14.3 Å². The van der Waals surface area contributed by atoms with Gasteiger partial charge in [0, 0.05) is 20.0 Å². The van der Waals surface area contributed by atoms with Crippen molar-refractivity contribution in [2.75, 3.05) is 26.7 Å². The van der Waals surface area contributed by atoms with Crippen LogP contribution in [0.4, 0.5) is 4.39 Å². The fourth-order valence-electron chi connectivity index (χ4n) is 3.09. The van der Waals surface area contributed by atoms with Gasteiger partial charge in [0.2, 0.25) is 5.91 Å². The van der Waals surface area contributed by atoms with Gasteiger partial charge in [-0.3, -0.25) is 4.79 Å². The van der Waals surface area contributed by atoms with Gasteiger partial charge in [-0.1, -0.05) is 6.07 Å². The minimum atomic E-state index is -0.601. The summed E-state index contributed by atoms with van der Waals surface area (Å²) in [6, 6.07) is 4.50. The van der Waals surface area contributed by atoms with Crippen LogP contribution in [0.3, 0.4) is 0 Å². The van der Waals surface area contributed by atoms with E-state index in [1.807, 2.05) is 6.92 Å². The number of piperidine rings is 1. The van der Waals surface area contributed by atoms with E-state index in [-0.39, 0.29) is 11.7 Å². The van der Waals surface area contributed by atoms with Crippen LogP contribution in [-0.4, -0.2) is 42.6 Å². The van der Waals surface area contributed by atoms with Gasteiger partial charge < -0.3 is 15.3 Å². The highest BCUT2D eigenvalue weighted by molar-refractivity contribution is 5.75. The van der Waals surface area contributed by atoms with E-state index in [1.54, 1.807) is 13.1 Å². The first-order valence-electron chi connectivity index (χ1n) is 7.86. The predicted molar refractivity (Wildman–Crippen MR) is 83.9 cm³/mol. The summed E-state index contributed by atoms with van der Waals surface area (Å²) in [5.74, 6) is 0.254. The summed E-state index contributed by atoms with van der Waals surface area (Å²) < 4.78 is 13.1. The summed E-state index contributed by atoms with van der Waals surface area (Å²) in [4.78, 5) is 13.6. The minimum Gasteiger partial charge on any atom is -0.387 e. The third-order valence-corrected chi connectivity index (χ3v) is 4.48. The Labute approximate surface area is 131 Å². The third-order valence-electron chi connectivity index (χ3n) is 4.48. The topological polar surface area (TPSA) is 52.6 Å². The molecule has 1 aromatic carbocycles. The summed E-state index contributed by atoms with van der Waals surface area (Å²) in [6.07, 6.45) is 1.94. The molecule has 1 aliphatic rings. The number of hydrogen-bond donors (Lipinski definition) is 2. The van der Waals surface area contributed by atoms with E-state index in [2.05, 4.69) is 10.2 Å². The molecule has 1 unspecified atom stereocenters. The Morgan fingerprint density at radius 1 is 1.45 bits per heavy atom. The van der Waals surface area contributed by atoms with Crippen molar-refractivity contribution >= 4 is 5.91 Å². The smallest absolute Gasteiger partial charge is 0.220 e. The van der Waals surface area contributed by atoms with Crippen LogP contribution in [-0.2, 0) is 4.79 Å². The molecule has 2 rings (SSSR count). The summed E-state index contributed by atoms with van der Waals surface area (Å²) >= 11 is 0. The molecule has 1 amide bonds. The fourth-order valence-corrected chi connectivity index (χ4v) is 3.09. The Kier molecular flexibility index (Phi) is 5.91. The number of aryl methyl sites for hydroxylation is 1. The monoisotopic (exact) mass is 308 g/mol. The van der Waals surface area contributed by atoms with Gasteiger partial charge in [-0.25, -0.2) is 4.39 Å². The van der Waals surface area contributed by atoms with Gasteiger partial charge >= 0.3 is 0 Å². The van der Waals surface area contributed by atoms with Gasteiger partial charge in [-0.2, -0.15) is 0 Å². The van der Waals surface area contributed by atoms with E-state index in [0.717, 1.165) is 37.1 Å². The molecule has 1 aromatic rings. The van der Waals surface area contributed by atoms with E-state index < -0.39 is 6.10 Å². The Bertz CT molecular complexity index is 513. The molecule has 1 aliphatic heterocycles. The summed E-state index contributed by atoms with van der Waals surface area (Å²) in [7, 11) is 1.67. The third kappa shape index (κ3) is 4.52. The molecular formula is C17H25FN2O2. The number of aliphatic hydroxyl groups excluding tert-OH is 1. The van der Waals surface area contributed by atoms with Crippen molar-refractivity contribution in [1.29, 1.82) is 0 Å². The number of aliphatic hydroxyl groups is 1. The number of β-amino-alcohol motifs (C(OH)–C–C–N with tert-alkyl or cyclic N) is 1. The number of hydrogen-bond acceptors (Lipinski definition) is 3. The predicted octanol–water partition coefficient (Wildman–Crippen LogP) is 2.02. The van der Waals surface area contributed by atoms with Crippen LogP contribution in [0, 0.1) is 18.7 Å². The SMILES string of the molecule is CNC(=O)CC1CCN(CC(O)c2ccc(F)cc2C)CC1. The molecule has 22 heavy (non-hydrogen) atoms. The van der Waals surface area contributed by atoms with Gasteiger partial charge in [0.25, 0.3) is 0 Å². The molecular weight excluding hydrogens is 283 g/mol. The summed E-state index contributed by atoms with van der Waals surface area (Å²) in [5, 5.41) is 13.0. The van der Waals surface area contributed by atoms with E-state index >= 15 is 0 Å². The molecule has 1 saturated heterocycles. The maximum Gasteiger partial charge on any atom is 0.220 e. The number of rotatable bonds is 5. The first-order valence-corrected chi connectivity index (χ1v) is 7.86. The maximum atomic E-state index is 13.1. The molecule has 0 aromatic heterocycles. The lowest BCUT2D eigenvalue weighted by Crippen LogP contribution is -2.37. The number of halogens is 1. The first kappa shape index (κ1) is 16.9. The number of nitrogens with zero attached hydrogens (tertiary/aromatic N) is 1. The Morgan fingerprint density at radius 2 is 2.14 bits per heavy atom. The second-order valence-corrected chi connectivity index (χ2v) is 6.14. The molecule has 0 spiro atoms. The molecule has 1 heterocycles. The standard InChI is InChI=1S/C17H25FN2O2/c1-12-9-14(18)3-4-15(12)16(21)11-20-7-5-13(6-8-20)10-17(22)19-2/h3-4,9,13,16,21H,5-8,10-11H2,1-2H3,(H,19,22). The van der Waals surface area contributed by atoms with Crippen molar-refractivity contribution in [3.05, 3.63) is 35.1 Å². The lowest BCUT2D eigenvalue weighted by molar-refractivity contribution is -0.121. The Hall–Kier alpha value is -1.46. The zero-order chi connectivity index (χ0) is 16.1. The average molecular weight is 308 g/mol. The van der Waals surface area contributed by atoms with E-state index in [1.165, 1.54) is 12.1 Å². The van der Waals surface area contributed by atoms with Crippen molar-refractivity contribution in [2.24, 2.45) is 5.92 Å². The lowest BCUT2D eigenvalue weighted by atomic mass is 9.92. The molecule has 0 saturated carbocycles. The summed E-state index contributed by atoms with van der Waals surface area (Å²) in [5.41, 5.74) is 1.57. The van der Waals surface area contributed by atoms with E-state index in [0.29, 0.717) is 18.9 Å². The van der Waals surface area contributed by atoms with Gasteiger partial charge in [0.05, 0.1) is 6.10 Å². The minimum absolute atomic E-state index is 0.0976. The van der Waals surface area contributed by atoms with Crippen molar-refractivity contribution in [2.45, 2.75) is 32.3 Å². The molecule has 1 fully saturated rings. The molecule has 4 nitrogen and oxygen atoms in total. The molecule has 5 heteroatoms. The van der Waals surface area contributed by atoms with E-state index in [9.17, 15) is 14.3 Å². The molecule has 1 atom stereocenters. The Balaban J connectivity index is 1.84. The van der Waals surface area contributed by atoms with Crippen LogP contribution < -0.4 is 5.32 Å². The van der Waals surface area contributed by atoms with Gasteiger partial charge in [0.15, 0.2) is 0 Å². The molecule has 122 valence electrons. The lowest BCUT2D eigenvalue weighted by Gasteiger charge is -2.33.